The maximum absolute atomic E-state index is 14.5. The van der Waals surface area contributed by atoms with Gasteiger partial charge >= 0.3 is 12.1 Å². The number of rotatable bonds is 5. The number of anilines is 2. The van der Waals surface area contributed by atoms with Crippen LogP contribution >= 0.6 is 0 Å². The third-order valence-electron chi connectivity index (χ3n) is 10.5. The summed E-state index contributed by atoms with van der Waals surface area (Å²) in [6.07, 6.45) is 4.48. The lowest BCUT2D eigenvalue weighted by atomic mass is 9.71. The number of benzene rings is 1. The van der Waals surface area contributed by atoms with Crippen molar-refractivity contribution in [1.82, 2.24) is 14.9 Å². The molecule has 3 fully saturated rings. The van der Waals surface area contributed by atoms with Crippen LogP contribution in [0.25, 0.3) is 0 Å². The number of alkyl halides is 1. The van der Waals surface area contributed by atoms with E-state index in [1.54, 1.807) is 0 Å². The normalized spacial score (nSPS) is 29.5. The van der Waals surface area contributed by atoms with Gasteiger partial charge in [-0.1, -0.05) is 13.0 Å². The molecule has 5 heterocycles. The quantitative estimate of drug-likeness (QED) is 0.432. The number of amides is 1. The first kappa shape index (κ1) is 31.6. The number of fused-ring (bicyclic) bond motifs is 4. The van der Waals surface area contributed by atoms with E-state index >= 15 is 0 Å². The van der Waals surface area contributed by atoms with Crippen molar-refractivity contribution in [2.45, 2.75) is 108 Å². The van der Waals surface area contributed by atoms with E-state index in [1.807, 2.05) is 32.9 Å². The fourth-order valence-corrected chi connectivity index (χ4v) is 8.21. The fraction of sp³-hybridized carbons (Fsp3) is 0.686. The van der Waals surface area contributed by atoms with Crippen LogP contribution in [-0.4, -0.2) is 84.3 Å². The van der Waals surface area contributed by atoms with Crippen molar-refractivity contribution in [3.05, 3.63) is 40.6 Å². The van der Waals surface area contributed by atoms with Crippen molar-refractivity contribution in [1.29, 1.82) is 0 Å². The van der Waals surface area contributed by atoms with Gasteiger partial charge in [0.25, 0.3) is 0 Å². The van der Waals surface area contributed by atoms with Gasteiger partial charge in [0, 0.05) is 50.3 Å². The Hall–Kier alpha value is -3.02. The minimum Gasteiger partial charge on any atom is -0.461 e. The highest BCUT2D eigenvalue weighted by atomic mass is 19.1. The Morgan fingerprint density at radius 1 is 1.15 bits per heavy atom. The van der Waals surface area contributed by atoms with Crippen LogP contribution in [0.4, 0.5) is 20.7 Å². The number of ether oxygens (including phenoxy) is 4. The number of carbonyl (C=O) groups excluding carboxylic acids is 1. The molecule has 0 radical (unpaired) electrons. The molecule has 46 heavy (non-hydrogen) atoms. The first-order valence-corrected chi connectivity index (χ1v) is 17.1. The molecule has 0 saturated carbocycles. The third kappa shape index (κ3) is 6.18. The molecule has 1 aliphatic carbocycles. The van der Waals surface area contributed by atoms with Crippen LogP contribution < -0.4 is 15.0 Å². The molecule has 3 saturated heterocycles. The van der Waals surface area contributed by atoms with Gasteiger partial charge in [-0.25, -0.2) is 9.18 Å². The minimum atomic E-state index is -0.818. The SMILES string of the molecule is C[C@H]1CCC2(Cc3nc(OC[C@@]45CCCN4C[C@H](F)C5)nc(N4CCCOCC4)c3CO2)c2cc(NC(=O)OC(C)(C)C)ccc21. The van der Waals surface area contributed by atoms with Crippen molar-refractivity contribution in [2.24, 2.45) is 0 Å². The second-order valence-electron chi connectivity index (χ2n) is 14.9. The summed E-state index contributed by atoms with van der Waals surface area (Å²) in [4.78, 5) is 27.2. The molecule has 1 aromatic carbocycles. The summed E-state index contributed by atoms with van der Waals surface area (Å²) >= 11 is 0. The lowest BCUT2D eigenvalue weighted by molar-refractivity contribution is -0.0871. The molecule has 1 spiro atoms. The average molecular weight is 638 g/mol. The van der Waals surface area contributed by atoms with Gasteiger partial charge in [-0.05, 0) is 88.6 Å². The summed E-state index contributed by atoms with van der Waals surface area (Å²) in [5.41, 5.74) is 3.43. The smallest absolute Gasteiger partial charge is 0.412 e. The van der Waals surface area contributed by atoms with Gasteiger partial charge in [-0.3, -0.25) is 10.2 Å². The van der Waals surface area contributed by atoms with Gasteiger partial charge in [0.1, 0.15) is 24.2 Å². The Balaban J connectivity index is 1.22. The van der Waals surface area contributed by atoms with Crippen molar-refractivity contribution >= 4 is 17.6 Å². The standard InChI is InChI=1S/C35H48FN5O5/c1-23-9-11-35(28-17-25(7-8-26(23)28)37-32(42)46-33(2,3)4)19-29-27(21-45-35)30(40-12-6-15-43-16-14-40)39-31(38-29)44-22-34-10-5-13-41(34)20-24(36)18-34/h7-8,17,23-24H,5-6,9-16,18-22H2,1-4H3,(H,37,42)/t23-,24+,34-,35?/m0/s1. The van der Waals surface area contributed by atoms with Crippen molar-refractivity contribution in [3.8, 4) is 6.01 Å². The number of hydrogen-bond acceptors (Lipinski definition) is 9. The van der Waals surface area contributed by atoms with Crippen LogP contribution in [0.1, 0.15) is 94.5 Å². The monoisotopic (exact) mass is 637 g/mol. The number of nitrogens with zero attached hydrogens (tertiary/aromatic N) is 4. The van der Waals surface area contributed by atoms with Crippen molar-refractivity contribution in [3.63, 3.8) is 0 Å². The first-order chi connectivity index (χ1) is 22.0. The maximum Gasteiger partial charge on any atom is 0.412 e. The van der Waals surface area contributed by atoms with E-state index in [0.717, 1.165) is 81.0 Å². The second kappa shape index (κ2) is 12.2. The zero-order chi connectivity index (χ0) is 32.1. The van der Waals surface area contributed by atoms with E-state index in [9.17, 15) is 9.18 Å². The molecule has 1 unspecified atom stereocenters. The summed E-state index contributed by atoms with van der Waals surface area (Å²) in [5, 5.41) is 2.92. The van der Waals surface area contributed by atoms with E-state index in [-0.39, 0.29) is 5.54 Å². The molecule has 5 aliphatic rings. The summed E-state index contributed by atoms with van der Waals surface area (Å²) in [6.45, 7) is 12.9. The highest BCUT2D eigenvalue weighted by Gasteiger charge is 2.50. The van der Waals surface area contributed by atoms with E-state index < -0.39 is 23.5 Å². The number of carbonyl (C=O) groups is 1. The topological polar surface area (TPSA) is 98.3 Å². The first-order valence-electron chi connectivity index (χ1n) is 17.1. The molecule has 10 nitrogen and oxygen atoms in total. The van der Waals surface area contributed by atoms with Gasteiger partial charge in [-0.2, -0.15) is 9.97 Å². The van der Waals surface area contributed by atoms with Crippen LogP contribution in [0.2, 0.25) is 0 Å². The summed E-state index contributed by atoms with van der Waals surface area (Å²) in [6, 6.07) is 6.45. The van der Waals surface area contributed by atoms with Gasteiger partial charge in [-0.15, -0.1) is 0 Å². The molecule has 2 aromatic rings. The Morgan fingerprint density at radius 3 is 2.87 bits per heavy atom. The number of aromatic nitrogens is 2. The van der Waals surface area contributed by atoms with Crippen LogP contribution in [0.3, 0.4) is 0 Å². The molecule has 1 amide bonds. The zero-order valence-corrected chi connectivity index (χ0v) is 27.7. The molecule has 7 rings (SSSR count). The van der Waals surface area contributed by atoms with Crippen LogP contribution in [0.5, 0.6) is 6.01 Å². The molecule has 0 bridgehead atoms. The summed E-state index contributed by atoms with van der Waals surface area (Å²) in [5.74, 6) is 1.21. The molecule has 250 valence electrons. The fourth-order valence-electron chi connectivity index (χ4n) is 8.21. The molecule has 4 aliphatic heterocycles. The molecule has 1 N–H and O–H groups in total. The van der Waals surface area contributed by atoms with Gasteiger partial charge in [0.2, 0.25) is 0 Å². The second-order valence-corrected chi connectivity index (χ2v) is 14.9. The van der Waals surface area contributed by atoms with Gasteiger partial charge in [0.15, 0.2) is 0 Å². The highest BCUT2D eigenvalue weighted by Crippen LogP contribution is 2.50. The van der Waals surface area contributed by atoms with Crippen molar-refractivity contribution in [2.75, 3.05) is 56.2 Å². The van der Waals surface area contributed by atoms with E-state index in [0.29, 0.717) is 56.8 Å². The highest BCUT2D eigenvalue weighted by molar-refractivity contribution is 5.85. The Labute approximate surface area is 271 Å². The van der Waals surface area contributed by atoms with Gasteiger partial charge in [0.05, 0.1) is 30.0 Å². The molecular formula is C35H48FN5O5. The van der Waals surface area contributed by atoms with Crippen molar-refractivity contribution < 1.29 is 28.1 Å². The number of nitrogens with one attached hydrogen (secondary N) is 1. The van der Waals surface area contributed by atoms with E-state index in [4.69, 9.17) is 28.9 Å². The molecule has 4 atom stereocenters. The van der Waals surface area contributed by atoms with Crippen LogP contribution in [0, 0.1) is 0 Å². The summed E-state index contributed by atoms with van der Waals surface area (Å²) < 4.78 is 39.1. The largest absolute Gasteiger partial charge is 0.461 e. The summed E-state index contributed by atoms with van der Waals surface area (Å²) in [7, 11) is 0. The lowest BCUT2D eigenvalue weighted by Crippen LogP contribution is -2.44. The van der Waals surface area contributed by atoms with Crippen LogP contribution in [-0.2, 0) is 32.8 Å². The molecular weight excluding hydrogens is 589 g/mol. The Morgan fingerprint density at radius 2 is 2.02 bits per heavy atom. The molecule has 11 heteroatoms. The van der Waals surface area contributed by atoms with E-state index in [2.05, 4.69) is 28.1 Å². The Bertz CT molecular complexity index is 1460. The zero-order valence-electron chi connectivity index (χ0n) is 27.7. The van der Waals surface area contributed by atoms with E-state index in [1.165, 1.54) is 5.56 Å². The predicted molar refractivity (Wildman–Crippen MR) is 172 cm³/mol. The Kier molecular flexibility index (Phi) is 8.38. The lowest BCUT2D eigenvalue weighted by Gasteiger charge is -2.44. The average Bonchev–Trinajstić information content (AvgIpc) is 3.38. The van der Waals surface area contributed by atoms with Crippen LogP contribution in [0.15, 0.2) is 18.2 Å². The number of halogens is 1. The third-order valence-corrected chi connectivity index (χ3v) is 10.5. The maximum atomic E-state index is 14.5. The predicted octanol–water partition coefficient (Wildman–Crippen LogP) is 5.87. The molecule has 1 aromatic heterocycles. The minimum absolute atomic E-state index is 0.282. The van der Waals surface area contributed by atoms with Gasteiger partial charge < -0.3 is 23.8 Å². The number of hydrogen-bond donors (Lipinski definition) is 1.